The van der Waals surface area contributed by atoms with Gasteiger partial charge in [-0.1, -0.05) is 18.2 Å². The minimum atomic E-state index is -0.357. The molecule has 0 aliphatic carbocycles. The molecule has 0 saturated carbocycles. The van der Waals surface area contributed by atoms with Crippen LogP contribution in [0.15, 0.2) is 59.2 Å². The van der Waals surface area contributed by atoms with Crippen LogP contribution in [-0.4, -0.2) is 18.9 Å². The van der Waals surface area contributed by atoms with Crippen molar-refractivity contribution in [3.8, 4) is 0 Å². The zero-order chi connectivity index (χ0) is 17.6. The van der Waals surface area contributed by atoms with Crippen LogP contribution in [0.2, 0.25) is 0 Å². The lowest BCUT2D eigenvalue weighted by Crippen LogP contribution is -2.12. The third-order valence-corrected chi connectivity index (χ3v) is 4.38. The Kier molecular flexibility index (Phi) is 5.27. The number of furan rings is 1. The zero-order valence-electron chi connectivity index (χ0n) is 13.4. The Morgan fingerprint density at radius 3 is 2.64 bits per heavy atom. The Labute approximate surface area is 148 Å². The first kappa shape index (κ1) is 16.9. The number of thiophene rings is 1. The molecule has 0 atom stereocenters. The van der Waals surface area contributed by atoms with E-state index in [1.807, 2.05) is 24.3 Å². The highest BCUT2D eigenvalue weighted by Crippen LogP contribution is 2.24. The van der Waals surface area contributed by atoms with E-state index < -0.39 is 0 Å². The first-order chi connectivity index (χ1) is 12.2. The number of hydrogen-bond donors (Lipinski definition) is 2. The van der Waals surface area contributed by atoms with Gasteiger partial charge in [-0.2, -0.15) is 0 Å². The number of rotatable bonds is 6. The van der Waals surface area contributed by atoms with Crippen LogP contribution >= 0.6 is 11.3 Å². The smallest absolute Gasteiger partial charge is 0.291 e. The van der Waals surface area contributed by atoms with Gasteiger partial charge in [0.15, 0.2) is 5.76 Å². The number of anilines is 2. The molecule has 6 nitrogen and oxygen atoms in total. The van der Waals surface area contributed by atoms with Gasteiger partial charge >= 0.3 is 0 Å². The number of para-hydroxylation sites is 1. The lowest BCUT2D eigenvalue weighted by Gasteiger charge is -2.09. The summed E-state index contributed by atoms with van der Waals surface area (Å²) in [6, 6.07) is 14.0. The van der Waals surface area contributed by atoms with Crippen molar-refractivity contribution in [1.29, 1.82) is 0 Å². The fourth-order valence-electron chi connectivity index (χ4n) is 2.22. The topological polar surface area (TPSA) is 80.6 Å². The molecular weight excluding hydrogens is 340 g/mol. The Balaban J connectivity index is 1.68. The van der Waals surface area contributed by atoms with Crippen LogP contribution in [-0.2, 0) is 11.3 Å². The van der Waals surface area contributed by atoms with Gasteiger partial charge in [-0.05, 0) is 30.3 Å². The van der Waals surface area contributed by atoms with Crippen LogP contribution < -0.4 is 10.6 Å². The molecule has 25 heavy (non-hydrogen) atoms. The summed E-state index contributed by atoms with van der Waals surface area (Å²) in [6.07, 6.45) is 1.43. The summed E-state index contributed by atoms with van der Waals surface area (Å²) in [5, 5.41) is 6.13. The van der Waals surface area contributed by atoms with E-state index in [1.54, 1.807) is 31.4 Å². The molecule has 0 unspecified atom stereocenters. The van der Waals surface area contributed by atoms with E-state index in [0.29, 0.717) is 22.2 Å². The number of ether oxygens (including phenoxy) is 1. The van der Waals surface area contributed by atoms with E-state index in [2.05, 4.69) is 10.6 Å². The van der Waals surface area contributed by atoms with Gasteiger partial charge in [0, 0.05) is 18.4 Å². The van der Waals surface area contributed by atoms with Crippen molar-refractivity contribution in [2.45, 2.75) is 6.61 Å². The lowest BCUT2D eigenvalue weighted by atomic mass is 10.2. The first-order valence-corrected chi connectivity index (χ1v) is 8.32. The molecule has 3 aromatic rings. The van der Waals surface area contributed by atoms with Crippen LogP contribution in [0.1, 0.15) is 25.8 Å². The maximum absolute atomic E-state index is 12.4. The fraction of sp³-hybridized carbons (Fsp3) is 0.111. The van der Waals surface area contributed by atoms with E-state index in [4.69, 9.17) is 9.15 Å². The Hall–Kier alpha value is -2.90. The predicted molar refractivity (Wildman–Crippen MR) is 96.1 cm³/mol. The monoisotopic (exact) mass is 356 g/mol. The SMILES string of the molecule is COCc1ccccc1NC(=O)c1ccc(NC(=O)c2ccco2)s1. The van der Waals surface area contributed by atoms with Crippen molar-refractivity contribution in [2.75, 3.05) is 17.7 Å². The largest absolute Gasteiger partial charge is 0.459 e. The highest BCUT2D eigenvalue weighted by atomic mass is 32.1. The summed E-state index contributed by atoms with van der Waals surface area (Å²) in [4.78, 5) is 24.9. The average molecular weight is 356 g/mol. The second-order valence-electron chi connectivity index (χ2n) is 5.14. The minimum Gasteiger partial charge on any atom is -0.459 e. The third-order valence-electron chi connectivity index (χ3n) is 3.38. The van der Waals surface area contributed by atoms with Crippen molar-refractivity contribution in [1.82, 2.24) is 0 Å². The van der Waals surface area contributed by atoms with Gasteiger partial charge in [-0.3, -0.25) is 9.59 Å². The molecule has 2 amide bonds. The Bertz CT molecular complexity index is 871. The van der Waals surface area contributed by atoms with E-state index >= 15 is 0 Å². The van der Waals surface area contributed by atoms with Gasteiger partial charge in [0.2, 0.25) is 0 Å². The van der Waals surface area contributed by atoms with Crippen molar-refractivity contribution in [3.05, 3.63) is 71.0 Å². The lowest BCUT2D eigenvalue weighted by molar-refractivity contribution is 0.0995. The van der Waals surface area contributed by atoms with Crippen LogP contribution in [0, 0.1) is 0 Å². The second-order valence-corrected chi connectivity index (χ2v) is 6.22. The van der Waals surface area contributed by atoms with Crippen LogP contribution in [0.3, 0.4) is 0 Å². The molecule has 128 valence electrons. The van der Waals surface area contributed by atoms with E-state index in [-0.39, 0.29) is 17.6 Å². The fourth-order valence-corrected chi connectivity index (χ4v) is 3.01. The second kappa shape index (κ2) is 7.78. The molecule has 0 spiro atoms. The molecule has 0 fully saturated rings. The molecule has 0 saturated heterocycles. The van der Waals surface area contributed by atoms with Crippen LogP contribution in [0.4, 0.5) is 10.7 Å². The van der Waals surface area contributed by atoms with Gasteiger partial charge in [-0.15, -0.1) is 11.3 Å². The Morgan fingerprint density at radius 2 is 1.88 bits per heavy atom. The third kappa shape index (κ3) is 4.14. The number of methoxy groups -OCH3 is 1. The molecule has 2 aromatic heterocycles. The summed E-state index contributed by atoms with van der Waals surface area (Å²) in [6.45, 7) is 0.408. The average Bonchev–Trinajstić information content (AvgIpc) is 3.28. The zero-order valence-corrected chi connectivity index (χ0v) is 14.3. The number of nitrogens with one attached hydrogen (secondary N) is 2. The molecule has 2 N–H and O–H groups in total. The molecule has 2 heterocycles. The van der Waals surface area contributed by atoms with Gasteiger partial charge < -0.3 is 19.8 Å². The van der Waals surface area contributed by atoms with Crippen molar-refractivity contribution in [2.24, 2.45) is 0 Å². The molecular formula is C18H16N2O4S. The van der Waals surface area contributed by atoms with Gasteiger partial charge in [0.25, 0.3) is 11.8 Å². The number of carbonyl (C=O) groups is 2. The number of benzene rings is 1. The summed E-state index contributed by atoms with van der Waals surface area (Å²) in [7, 11) is 1.60. The standard InChI is InChI=1S/C18H16N2O4S/c1-23-11-12-5-2-3-6-13(12)19-18(22)15-8-9-16(25-15)20-17(21)14-7-4-10-24-14/h2-10H,11H2,1H3,(H,19,22)(H,20,21). The van der Waals surface area contributed by atoms with Gasteiger partial charge in [0.05, 0.1) is 22.7 Å². The molecule has 0 radical (unpaired) electrons. The maximum Gasteiger partial charge on any atom is 0.291 e. The predicted octanol–water partition coefficient (Wildman–Crippen LogP) is 3.99. The highest BCUT2D eigenvalue weighted by Gasteiger charge is 2.14. The normalized spacial score (nSPS) is 10.4. The van der Waals surface area contributed by atoms with Crippen LogP contribution in [0.25, 0.3) is 0 Å². The summed E-state index contributed by atoms with van der Waals surface area (Å²) >= 11 is 1.19. The molecule has 0 aliphatic rings. The molecule has 3 rings (SSSR count). The van der Waals surface area contributed by atoms with Crippen molar-refractivity contribution < 1.29 is 18.7 Å². The van der Waals surface area contributed by atoms with E-state index in [0.717, 1.165) is 5.56 Å². The number of hydrogen-bond acceptors (Lipinski definition) is 5. The molecule has 0 bridgehead atoms. The minimum absolute atomic E-state index is 0.216. The molecule has 1 aromatic carbocycles. The van der Waals surface area contributed by atoms with Crippen molar-refractivity contribution >= 4 is 33.8 Å². The Morgan fingerprint density at radius 1 is 1.04 bits per heavy atom. The first-order valence-electron chi connectivity index (χ1n) is 7.50. The van der Waals surface area contributed by atoms with E-state index in [1.165, 1.54) is 17.6 Å². The molecule has 0 aliphatic heterocycles. The number of amides is 2. The van der Waals surface area contributed by atoms with E-state index in [9.17, 15) is 9.59 Å². The highest BCUT2D eigenvalue weighted by molar-refractivity contribution is 7.18. The summed E-state index contributed by atoms with van der Waals surface area (Å²) in [5.41, 5.74) is 1.59. The quantitative estimate of drug-likeness (QED) is 0.700. The van der Waals surface area contributed by atoms with Gasteiger partial charge in [-0.25, -0.2) is 0 Å². The molecule has 7 heteroatoms. The summed E-state index contributed by atoms with van der Waals surface area (Å²) < 4.78 is 10.2. The summed E-state index contributed by atoms with van der Waals surface area (Å²) in [5.74, 6) is -0.385. The van der Waals surface area contributed by atoms with Crippen molar-refractivity contribution in [3.63, 3.8) is 0 Å². The number of carbonyl (C=O) groups excluding carboxylic acids is 2. The maximum atomic E-state index is 12.4. The van der Waals surface area contributed by atoms with Crippen LogP contribution in [0.5, 0.6) is 0 Å². The van der Waals surface area contributed by atoms with Gasteiger partial charge in [0.1, 0.15) is 0 Å².